The quantitative estimate of drug-likeness (QED) is 0.884. The number of halogens is 1. The highest BCUT2D eigenvalue weighted by atomic mass is 35.5. The zero-order valence-electron chi connectivity index (χ0n) is 11.3. The minimum absolute atomic E-state index is 0.233. The van der Waals surface area contributed by atoms with Crippen molar-refractivity contribution in [3.8, 4) is 0 Å². The second-order valence-corrected chi connectivity index (χ2v) is 4.79. The molecular formula is C14H19ClN4. The van der Waals surface area contributed by atoms with Crippen molar-refractivity contribution in [1.82, 2.24) is 20.1 Å². The summed E-state index contributed by atoms with van der Waals surface area (Å²) in [5, 5.41) is 8.46. The van der Waals surface area contributed by atoms with Gasteiger partial charge >= 0.3 is 0 Å². The van der Waals surface area contributed by atoms with Crippen molar-refractivity contribution in [1.29, 1.82) is 0 Å². The molecule has 102 valence electrons. The fraction of sp³-hybridized carbons (Fsp3) is 0.429. The van der Waals surface area contributed by atoms with Crippen molar-refractivity contribution in [3.05, 3.63) is 47.0 Å². The average molecular weight is 279 g/mol. The Morgan fingerprint density at radius 1 is 1.26 bits per heavy atom. The van der Waals surface area contributed by atoms with Crippen molar-refractivity contribution >= 4 is 11.6 Å². The maximum atomic E-state index is 5.94. The van der Waals surface area contributed by atoms with Crippen LogP contribution in [0.2, 0.25) is 5.02 Å². The molecule has 2 aromatic rings. The Morgan fingerprint density at radius 2 is 2.00 bits per heavy atom. The number of nitrogens with one attached hydrogen (secondary N) is 1. The lowest BCUT2D eigenvalue weighted by molar-refractivity contribution is 0.509. The first-order valence-electron chi connectivity index (χ1n) is 6.60. The van der Waals surface area contributed by atoms with Gasteiger partial charge in [0.1, 0.15) is 12.2 Å². The number of aryl methyl sites for hydroxylation is 1. The van der Waals surface area contributed by atoms with E-state index in [2.05, 4.69) is 41.4 Å². The molecule has 5 heteroatoms. The van der Waals surface area contributed by atoms with E-state index in [1.807, 2.05) is 16.8 Å². The Kier molecular flexibility index (Phi) is 4.93. The highest BCUT2D eigenvalue weighted by Gasteiger charge is 2.14. The number of rotatable bonds is 6. The van der Waals surface area contributed by atoms with Gasteiger partial charge in [0.2, 0.25) is 0 Å². The number of hydrogen-bond donors (Lipinski definition) is 1. The van der Waals surface area contributed by atoms with E-state index >= 15 is 0 Å². The largest absolute Gasteiger partial charge is 0.310 e. The molecule has 0 bridgehead atoms. The van der Waals surface area contributed by atoms with Gasteiger partial charge in [-0.2, -0.15) is 5.10 Å². The number of benzene rings is 1. The first kappa shape index (κ1) is 14.0. The molecule has 2 rings (SSSR count). The molecule has 1 unspecified atom stereocenters. The predicted octanol–water partition coefficient (Wildman–Crippen LogP) is 2.84. The summed E-state index contributed by atoms with van der Waals surface area (Å²) in [6.07, 6.45) is 2.44. The third-order valence-corrected chi connectivity index (χ3v) is 3.36. The normalized spacial score (nSPS) is 12.6. The molecule has 0 saturated carbocycles. The van der Waals surface area contributed by atoms with Gasteiger partial charge in [-0.25, -0.2) is 4.98 Å². The van der Waals surface area contributed by atoms with Gasteiger partial charge in [-0.15, -0.1) is 0 Å². The molecule has 0 radical (unpaired) electrons. The van der Waals surface area contributed by atoms with Crippen molar-refractivity contribution in [3.63, 3.8) is 0 Å². The van der Waals surface area contributed by atoms with Gasteiger partial charge < -0.3 is 5.32 Å². The minimum Gasteiger partial charge on any atom is -0.310 e. The Bertz CT molecular complexity index is 506. The van der Waals surface area contributed by atoms with Gasteiger partial charge in [-0.1, -0.05) is 30.7 Å². The molecule has 0 amide bonds. The zero-order chi connectivity index (χ0) is 13.7. The van der Waals surface area contributed by atoms with Gasteiger partial charge in [0.05, 0.1) is 0 Å². The standard InChI is InChI=1S/C14H19ClN4/c1-3-16-13(11-5-7-12(15)8-6-11)9-14-17-10-18-19(14)4-2/h5-8,10,13,16H,3-4,9H2,1-2H3. The van der Waals surface area contributed by atoms with E-state index in [1.165, 1.54) is 5.56 Å². The number of nitrogens with zero attached hydrogens (tertiary/aromatic N) is 3. The summed E-state index contributed by atoms with van der Waals surface area (Å²) in [5.41, 5.74) is 1.22. The number of hydrogen-bond acceptors (Lipinski definition) is 3. The van der Waals surface area contributed by atoms with Gasteiger partial charge in [0.15, 0.2) is 0 Å². The van der Waals surface area contributed by atoms with Gasteiger partial charge in [-0.3, -0.25) is 4.68 Å². The van der Waals surface area contributed by atoms with Gasteiger partial charge in [-0.05, 0) is 31.2 Å². The summed E-state index contributed by atoms with van der Waals surface area (Å²) in [4.78, 5) is 4.34. The maximum absolute atomic E-state index is 5.94. The highest BCUT2D eigenvalue weighted by molar-refractivity contribution is 6.30. The summed E-state index contributed by atoms with van der Waals surface area (Å²) >= 11 is 5.94. The average Bonchev–Trinajstić information content (AvgIpc) is 2.86. The Balaban J connectivity index is 2.18. The molecule has 1 aromatic carbocycles. The summed E-state index contributed by atoms with van der Waals surface area (Å²) in [7, 11) is 0. The highest BCUT2D eigenvalue weighted by Crippen LogP contribution is 2.19. The van der Waals surface area contributed by atoms with Crippen LogP contribution in [0.3, 0.4) is 0 Å². The lowest BCUT2D eigenvalue weighted by Gasteiger charge is -2.18. The van der Waals surface area contributed by atoms with Crippen LogP contribution in [0.25, 0.3) is 0 Å². The van der Waals surface area contributed by atoms with Crippen LogP contribution in [0.1, 0.15) is 31.3 Å². The van der Waals surface area contributed by atoms with Crippen LogP contribution in [0, 0.1) is 0 Å². The van der Waals surface area contributed by atoms with E-state index in [0.717, 1.165) is 30.4 Å². The molecule has 0 aliphatic carbocycles. The summed E-state index contributed by atoms with van der Waals surface area (Å²) in [6, 6.07) is 8.19. The number of likely N-dealkylation sites (N-methyl/N-ethyl adjacent to an activating group) is 1. The molecule has 1 atom stereocenters. The van der Waals surface area contributed by atoms with Crippen molar-refractivity contribution < 1.29 is 0 Å². The SMILES string of the molecule is CCNC(Cc1ncnn1CC)c1ccc(Cl)cc1. The Morgan fingerprint density at radius 3 is 2.63 bits per heavy atom. The molecule has 0 fully saturated rings. The fourth-order valence-corrected chi connectivity index (χ4v) is 2.27. The summed E-state index contributed by atoms with van der Waals surface area (Å²) in [6.45, 7) is 5.93. The minimum atomic E-state index is 0.233. The lowest BCUT2D eigenvalue weighted by Crippen LogP contribution is -2.24. The molecular weight excluding hydrogens is 260 g/mol. The molecule has 19 heavy (non-hydrogen) atoms. The first-order valence-corrected chi connectivity index (χ1v) is 6.98. The van der Waals surface area contributed by atoms with E-state index in [-0.39, 0.29) is 6.04 Å². The molecule has 0 aliphatic heterocycles. The molecule has 1 aromatic heterocycles. The Hall–Kier alpha value is -1.39. The van der Waals surface area contributed by atoms with Crippen LogP contribution in [0.5, 0.6) is 0 Å². The van der Waals surface area contributed by atoms with E-state index in [1.54, 1.807) is 6.33 Å². The van der Waals surface area contributed by atoms with E-state index in [4.69, 9.17) is 11.6 Å². The first-order chi connectivity index (χ1) is 9.24. The van der Waals surface area contributed by atoms with Crippen LogP contribution in [0.15, 0.2) is 30.6 Å². The van der Waals surface area contributed by atoms with Crippen LogP contribution in [-0.4, -0.2) is 21.3 Å². The van der Waals surface area contributed by atoms with Crippen LogP contribution in [-0.2, 0) is 13.0 Å². The molecule has 0 saturated heterocycles. The lowest BCUT2D eigenvalue weighted by atomic mass is 10.0. The van der Waals surface area contributed by atoms with Crippen molar-refractivity contribution in [2.24, 2.45) is 0 Å². The third-order valence-electron chi connectivity index (χ3n) is 3.10. The molecule has 1 heterocycles. The van der Waals surface area contributed by atoms with E-state index in [0.29, 0.717) is 0 Å². The molecule has 0 aliphatic rings. The maximum Gasteiger partial charge on any atom is 0.138 e. The van der Waals surface area contributed by atoms with Crippen LogP contribution in [0.4, 0.5) is 0 Å². The van der Waals surface area contributed by atoms with Gasteiger partial charge in [0, 0.05) is 24.0 Å². The van der Waals surface area contributed by atoms with Crippen molar-refractivity contribution in [2.45, 2.75) is 32.9 Å². The second kappa shape index (κ2) is 6.68. The van der Waals surface area contributed by atoms with Gasteiger partial charge in [0.25, 0.3) is 0 Å². The van der Waals surface area contributed by atoms with E-state index < -0.39 is 0 Å². The zero-order valence-corrected chi connectivity index (χ0v) is 12.1. The number of aromatic nitrogens is 3. The molecule has 0 spiro atoms. The fourth-order valence-electron chi connectivity index (χ4n) is 2.14. The molecule has 1 N–H and O–H groups in total. The third kappa shape index (κ3) is 3.55. The van der Waals surface area contributed by atoms with Crippen molar-refractivity contribution in [2.75, 3.05) is 6.54 Å². The topological polar surface area (TPSA) is 42.7 Å². The monoisotopic (exact) mass is 278 g/mol. The molecule has 4 nitrogen and oxygen atoms in total. The Labute approximate surface area is 118 Å². The summed E-state index contributed by atoms with van der Waals surface area (Å²) < 4.78 is 1.93. The smallest absolute Gasteiger partial charge is 0.138 e. The second-order valence-electron chi connectivity index (χ2n) is 4.36. The van der Waals surface area contributed by atoms with Crippen LogP contribution < -0.4 is 5.32 Å². The predicted molar refractivity (Wildman–Crippen MR) is 77.3 cm³/mol. The van der Waals surface area contributed by atoms with Crippen LogP contribution >= 0.6 is 11.6 Å². The van der Waals surface area contributed by atoms with E-state index in [9.17, 15) is 0 Å². The summed E-state index contributed by atoms with van der Waals surface area (Å²) in [5.74, 6) is 1.00.